The van der Waals surface area contributed by atoms with Gasteiger partial charge >= 0.3 is 12.1 Å². The number of anilines is 2. The van der Waals surface area contributed by atoms with Crippen LogP contribution in [0.4, 0.5) is 24.7 Å². The van der Waals surface area contributed by atoms with E-state index in [1.165, 1.54) is 62.0 Å². The summed E-state index contributed by atoms with van der Waals surface area (Å²) in [7, 11) is 0. The van der Waals surface area contributed by atoms with Crippen molar-refractivity contribution >= 4 is 46.2 Å². The third kappa shape index (κ3) is 5.77. The second kappa shape index (κ2) is 11.9. The Balaban J connectivity index is 0.000000431. The first kappa shape index (κ1) is 28.5. The van der Waals surface area contributed by atoms with E-state index < -0.39 is 12.1 Å². The Bertz CT molecular complexity index is 1600. The van der Waals surface area contributed by atoms with Crippen LogP contribution in [-0.4, -0.2) is 36.9 Å². The third-order valence-electron chi connectivity index (χ3n) is 7.25. The normalized spacial score (nSPS) is 15.0. The Morgan fingerprint density at radius 3 is 2.39 bits per heavy atom. The zero-order valence-corrected chi connectivity index (χ0v) is 23.7. The lowest BCUT2D eigenvalue weighted by Crippen LogP contribution is -2.41. The van der Waals surface area contributed by atoms with Crippen molar-refractivity contribution in [2.75, 3.05) is 29.4 Å². The van der Waals surface area contributed by atoms with E-state index in [-0.39, 0.29) is 0 Å². The van der Waals surface area contributed by atoms with Gasteiger partial charge in [-0.1, -0.05) is 60.3 Å². The topological polar surface area (TPSA) is 47.7 Å². The summed E-state index contributed by atoms with van der Waals surface area (Å²) in [4.78, 5) is 15.3. The molecule has 1 N–H and O–H groups in total. The molecule has 0 fully saturated rings. The molecule has 0 bridgehead atoms. The Hall–Kier alpha value is -3.98. The average molecular weight is 579 g/mol. The minimum Gasteiger partial charge on any atom is -0.475 e. The molecule has 0 saturated carbocycles. The summed E-state index contributed by atoms with van der Waals surface area (Å²) in [6, 6.07) is 28.8. The number of carboxylic acids is 1. The van der Waals surface area contributed by atoms with Gasteiger partial charge in [0.05, 0.1) is 23.8 Å². The predicted octanol–water partition coefficient (Wildman–Crippen LogP) is 7.45. The summed E-state index contributed by atoms with van der Waals surface area (Å²) in [6.45, 7) is 7.51. The van der Waals surface area contributed by atoms with Gasteiger partial charge in [0.25, 0.3) is 5.82 Å². The number of alkyl halides is 3. The van der Waals surface area contributed by atoms with Crippen LogP contribution in [0.5, 0.6) is 0 Å². The monoisotopic (exact) mass is 578 g/mol. The quantitative estimate of drug-likeness (QED) is 0.249. The number of thioether (sulfide) groups is 1. The number of rotatable bonds is 5. The number of hydrogen-bond acceptors (Lipinski definition) is 4. The fourth-order valence-electron chi connectivity index (χ4n) is 5.39. The molecule has 4 aromatic rings. The molecule has 3 heterocycles. The lowest BCUT2D eigenvalue weighted by Gasteiger charge is -2.27. The van der Waals surface area contributed by atoms with Crippen LogP contribution in [-0.2, 0) is 11.2 Å². The third-order valence-corrected chi connectivity index (χ3v) is 8.35. The van der Waals surface area contributed by atoms with Gasteiger partial charge in [-0.3, -0.25) is 4.90 Å². The molecule has 1 aromatic heterocycles. The number of hydrogen-bond donors (Lipinski definition) is 1. The minimum absolute atomic E-state index is 0.966. The molecule has 0 aliphatic carbocycles. The minimum atomic E-state index is -5.08. The highest BCUT2D eigenvalue weighted by atomic mass is 32.2. The van der Waals surface area contributed by atoms with Crippen molar-refractivity contribution < 1.29 is 27.6 Å². The number of aliphatic carboxylic acids is 1. The van der Waals surface area contributed by atoms with Crippen LogP contribution in [0.25, 0.3) is 22.7 Å². The van der Waals surface area contributed by atoms with Crippen LogP contribution >= 0.6 is 11.8 Å². The van der Waals surface area contributed by atoms with Gasteiger partial charge in [0.15, 0.2) is 0 Å². The highest BCUT2D eigenvalue weighted by Crippen LogP contribution is 2.50. The number of benzene rings is 3. The van der Waals surface area contributed by atoms with Crippen molar-refractivity contribution in [2.24, 2.45) is 0 Å². The number of fused-ring (bicyclic) bond motifs is 1. The smallest absolute Gasteiger partial charge is 0.475 e. The maximum Gasteiger partial charge on any atom is 0.490 e. The molecule has 0 spiro atoms. The van der Waals surface area contributed by atoms with Crippen LogP contribution in [0.15, 0.2) is 88.8 Å². The molecular formula is C32H31F3N3O2S+. The summed E-state index contributed by atoms with van der Waals surface area (Å²) < 4.78 is 34.2. The molecule has 0 radical (unpaired) electrons. The molecule has 212 valence electrons. The van der Waals surface area contributed by atoms with Gasteiger partial charge in [0.1, 0.15) is 11.2 Å². The highest BCUT2D eigenvalue weighted by Gasteiger charge is 2.38. The van der Waals surface area contributed by atoms with Gasteiger partial charge in [-0.25, -0.2) is 4.79 Å². The second-order valence-corrected chi connectivity index (χ2v) is 10.8. The van der Waals surface area contributed by atoms with E-state index in [0.29, 0.717) is 0 Å². The van der Waals surface area contributed by atoms with Gasteiger partial charge in [-0.15, -0.1) is 0 Å². The zero-order chi connectivity index (χ0) is 29.1. The molecule has 0 amide bonds. The molecule has 6 rings (SSSR count). The summed E-state index contributed by atoms with van der Waals surface area (Å²) in [5.74, 6) is -1.52. The van der Waals surface area contributed by atoms with Crippen molar-refractivity contribution in [3.05, 3.63) is 95.0 Å². The van der Waals surface area contributed by atoms with Crippen molar-refractivity contribution in [2.45, 2.75) is 37.8 Å². The fourth-order valence-corrected chi connectivity index (χ4v) is 6.58. The molecule has 9 heteroatoms. The molecule has 0 unspecified atom stereocenters. The van der Waals surface area contributed by atoms with Crippen LogP contribution in [0.1, 0.15) is 31.4 Å². The number of nitrogens with zero attached hydrogens (tertiary/aromatic N) is 3. The second-order valence-electron chi connectivity index (χ2n) is 9.72. The van der Waals surface area contributed by atoms with Gasteiger partial charge in [-0.05, 0) is 68.2 Å². The highest BCUT2D eigenvalue weighted by molar-refractivity contribution is 8.03. The number of aromatic nitrogens is 1. The van der Waals surface area contributed by atoms with E-state index in [9.17, 15) is 13.2 Å². The maximum atomic E-state index is 10.6. The van der Waals surface area contributed by atoms with Crippen LogP contribution < -0.4 is 14.4 Å². The summed E-state index contributed by atoms with van der Waals surface area (Å²) >= 11 is 1.92. The number of para-hydroxylation sites is 3. The van der Waals surface area contributed by atoms with Gasteiger partial charge in [0, 0.05) is 22.9 Å². The van der Waals surface area contributed by atoms with Crippen molar-refractivity contribution in [3.8, 4) is 5.69 Å². The summed E-state index contributed by atoms with van der Waals surface area (Å²) in [6.07, 6.45) is -0.266. The van der Waals surface area contributed by atoms with Crippen molar-refractivity contribution in [3.63, 3.8) is 0 Å². The van der Waals surface area contributed by atoms with E-state index in [0.717, 1.165) is 19.6 Å². The predicted molar refractivity (Wildman–Crippen MR) is 159 cm³/mol. The number of carboxylic acid groups (broad SMARTS) is 1. The molecule has 2 aliphatic rings. The van der Waals surface area contributed by atoms with Gasteiger partial charge in [-0.2, -0.15) is 17.7 Å². The first-order valence-electron chi connectivity index (χ1n) is 13.6. The molecule has 0 saturated heterocycles. The first-order valence-corrected chi connectivity index (χ1v) is 14.4. The Labute approximate surface area is 241 Å². The largest absolute Gasteiger partial charge is 0.490 e. The van der Waals surface area contributed by atoms with Gasteiger partial charge in [0.2, 0.25) is 0 Å². The van der Waals surface area contributed by atoms with Crippen LogP contribution in [0, 0.1) is 0 Å². The molecule has 3 aromatic carbocycles. The SMILES string of the molecule is CCN(CC)c1cc(/C=C2\Sc3cccc4c3N2CCC4)c2ccccc2[n+]1-c1ccccc1.O=C(O)C(F)(F)F. The number of halogens is 3. The van der Waals surface area contributed by atoms with Gasteiger partial charge < -0.3 is 10.0 Å². The molecule has 0 atom stereocenters. The Morgan fingerprint density at radius 2 is 1.71 bits per heavy atom. The molecule has 41 heavy (non-hydrogen) atoms. The Kier molecular flexibility index (Phi) is 8.26. The summed E-state index contributed by atoms with van der Waals surface area (Å²) in [5.41, 5.74) is 6.65. The average Bonchev–Trinajstić information content (AvgIpc) is 3.33. The van der Waals surface area contributed by atoms with Crippen molar-refractivity contribution in [1.29, 1.82) is 0 Å². The van der Waals surface area contributed by atoms with E-state index in [2.05, 4.69) is 113 Å². The van der Waals surface area contributed by atoms with E-state index in [1.807, 2.05) is 11.8 Å². The number of carbonyl (C=O) groups is 1. The Morgan fingerprint density at radius 1 is 1.02 bits per heavy atom. The number of aryl methyl sites for hydroxylation is 1. The van der Waals surface area contributed by atoms with E-state index in [4.69, 9.17) is 9.90 Å². The summed E-state index contributed by atoms with van der Waals surface area (Å²) in [5, 5.41) is 9.75. The molecular weight excluding hydrogens is 547 g/mol. The van der Waals surface area contributed by atoms with E-state index >= 15 is 0 Å². The molecule has 5 nitrogen and oxygen atoms in total. The van der Waals surface area contributed by atoms with E-state index in [1.54, 1.807) is 0 Å². The van der Waals surface area contributed by atoms with Crippen LogP contribution in [0.3, 0.4) is 0 Å². The lowest BCUT2D eigenvalue weighted by atomic mass is 10.0. The number of pyridine rings is 1. The first-order chi connectivity index (χ1) is 19.7. The molecule has 2 aliphatic heterocycles. The standard InChI is InChI=1S/C30H30N3S.C2HF3O2/c1-3-31(4-2)28-20-23(21-29-32-19-11-13-22-12-10-18-27(34-29)30(22)32)25-16-8-9-17-26(25)33(28)24-14-6-5-7-15-24;3-2(4,5)1(6)7/h5-10,12,14-18,20-21H,3-4,11,13,19H2,1-2H3;(H,6,7)/q+1;. The van der Waals surface area contributed by atoms with Crippen LogP contribution in [0.2, 0.25) is 0 Å². The lowest BCUT2D eigenvalue weighted by molar-refractivity contribution is -0.553. The zero-order valence-electron chi connectivity index (χ0n) is 22.9. The fraction of sp³-hybridized carbons (Fsp3) is 0.250. The van der Waals surface area contributed by atoms with Crippen molar-refractivity contribution in [1.82, 2.24) is 0 Å². The maximum absolute atomic E-state index is 10.6.